The Morgan fingerprint density at radius 2 is 1.37 bits per heavy atom. The third kappa shape index (κ3) is 3.63. The Bertz CT molecular complexity index is 1310. The highest BCUT2D eigenvalue weighted by Crippen LogP contribution is 2.31. The average Bonchev–Trinajstić information content (AvgIpc) is 3.19. The molecule has 5 rings (SSSR count). The molecule has 0 aliphatic rings. The van der Waals surface area contributed by atoms with Crippen LogP contribution in [0.4, 0.5) is 11.5 Å². The van der Waals surface area contributed by atoms with Crippen molar-refractivity contribution in [2.75, 3.05) is 5.32 Å². The fourth-order valence-electron chi connectivity index (χ4n) is 3.40. The lowest BCUT2D eigenvalue weighted by Crippen LogP contribution is -2.02. The molecular weight excluding hydrogens is 415 g/mol. The molecule has 0 radical (unpaired) electrons. The number of anilines is 2. The molecule has 0 spiro atoms. The van der Waals surface area contributed by atoms with Crippen molar-refractivity contribution in [2.24, 2.45) is 0 Å². The summed E-state index contributed by atoms with van der Waals surface area (Å²) in [5, 5.41) is 9.11. The zero-order valence-electron chi connectivity index (χ0n) is 15.8. The molecule has 30 heavy (non-hydrogen) atoms. The predicted octanol–water partition coefficient (Wildman–Crippen LogP) is 7.11. The van der Waals surface area contributed by atoms with Crippen LogP contribution in [0.15, 0.2) is 91.1 Å². The number of fused-ring (bicyclic) bond motifs is 1. The van der Waals surface area contributed by atoms with Gasteiger partial charge in [-0.15, -0.1) is 0 Å². The minimum absolute atomic E-state index is 0.559. The normalized spacial score (nSPS) is 11.0. The number of hydrogen-bond acceptors (Lipinski definition) is 3. The van der Waals surface area contributed by atoms with Crippen LogP contribution >= 0.6 is 23.2 Å². The highest BCUT2D eigenvalue weighted by atomic mass is 35.5. The van der Waals surface area contributed by atoms with Crippen molar-refractivity contribution in [1.29, 1.82) is 0 Å². The van der Waals surface area contributed by atoms with E-state index in [0.717, 1.165) is 39.5 Å². The highest BCUT2D eigenvalue weighted by molar-refractivity contribution is 6.35. The summed E-state index contributed by atoms with van der Waals surface area (Å²) >= 11 is 12.4. The van der Waals surface area contributed by atoms with Crippen molar-refractivity contribution >= 4 is 40.4 Å². The van der Waals surface area contributed by atoms with Gasteiger partial charge >= 0.3 is 0 Å². The van der Waals surface area contributed by atoms with Crippen molar-refractivity contribution in [3.8, 4) is 22.4 Å². The van der Waals surface area contributed by atoms with Crippen LogP contribution < -0.4 is 5.32 Å². The summed E-state index contributed by atoms with van der Waals surface area (Å²) in [4.78, 5) is 4.93. The van der Waals surface area contributed by atoms with E-state index in [-0.39, 0.29) is 0 Å². The van der Waals surface area contributed by atoms with Gasteiger partial charge in [0.25, 0.3) is 0 Å². The summed E-state index contributed by atoms with van der Waals surface area (Å²) in [6.07, 6.45) is 1.84. The quantitative estimate of drug-likeness (QED) is 0.330. The fraction of sp³-hybridized carbons (Fsp3) is 0. The predicted molar refractivity (Wildman–Crippen MR) is 124 cm³/mol. The van der Waals surface area contributed by atoms with Gasteiger partial charge in [-0.05, 0) is 23.8 Å². The average molecular weight is 431 g/mol. The van der Waals surface area contributed by atoms with E-state index < -0.39 is 0 Å². The number of rotatable bonds is 4. The maximum absolute atomic E-state index is 6.19. The van der Waals surface area contributed by atoms with Crippen molar-refractivity contribution in [1.82, 2.24) is 14.6 Å². The Kier molecular flexibility index (Phi) is 4.87. The lowest BCUT2D eigenvalue weighted by molar-refractivity contribution is 0.949. The molecule has 0 aliphatic carbocycles. The third-order valence-corrected chi connectivity index (χ3v) is 5.20. The van der Waals surface area contributed by atoms with Gasteiger partial charge in [0.1, 0.15) is 5.82 Å². The van der Waals surface area contributed by atoms with Gasteiger partial charge in [-0.1, -0.05) is 83.9 Å². The Hall–Kier alpha value is -3.34. The van der Waals surface area contributed by atoms with Crippen LogP contribution in [0, 0.1) is 0 Å². The molecule has 2 heterocycles. The topological polar surface area (TPSA) is 42.2 Å². The molecule has 0 amide bonds. The maximum Gasteiger partial charge on any atom is 0.165 e. The molecule has 0 aliphatic heterocycles. The summed E-state index contributed by atoms with van der Waals surface area (Å²) in [5.74, 6) is 0.763. The Balaban J connectivity index is 1.71. The van der Waals surface area contributed by atoms with Crippen LogP contribution in [0.3, 0.4) is 0 Å². The first-order valence-corrected chi connectivity index (χ1v) is 10.2. The second kappa shape index (κ2) is 7.82. The molecule has 0 saturated carbocycles. The maximum atomic E-state index is 6.19. The van der Waals surface area contributed by atoms with Gasteiger partial charge in [-0.3, -0.25) is 0 Å². The van der Waals surface area contributed by atoms with Gasteiger partial charge in [0.05, 0.1) is 11.9 Å². The van der Waals surface area contributed by atoms with Gasteiger partial charge in [0.15, 0.2) is 5.65 Å². The third-order valence-electron chi connectivity index (χ3n) is 4.76. The Morgan fingerprint density at radius 3 is 2.03 bits per heavy atom. The van der Waals surface area contributed by atoms with Gasteiger partial charge in [-0.2, -0.15) is 9.61 Å². The van der Waals surface area contributed by atoms with Gasteiger partial charge in [0.2, 0.25) is 0 Å². The molecule has 0 saturated heterocycles. The molecule has 0 atom stereocenters. The standard InChI is InChI=1S/C24H16Cl2N4/c25-18-11-19(26)13-20(12-18)28-23-14-22(17-9-5-2-6-10-17)29-24-21(15-27-30(23)24)16-7-3-1-4-8-16/h1-15,28H. The van der Waals surface area contributed by atoms with E-state index in [2.05, 4.69) is 22.5 Å². The molecule has 0 bridgehead atoms. The van der Waals surface area contributed by atoms with E-state index in [1.54, 1.807) is 10.6 Å². The molecule has 5 aromatic rings. The number of benzene rings is 3. The van der Waals surface area contributed by atoms with Crippen LogP contribution in [0.5, 0.6) is 0 Å². The number of nitrogens with one attached hydrogen (secondary N) is 1. The molecule has 0 fully saturated rings. The minimum Gasteiger partial charge on any atom is -0.340 e. The number of hydrogen-bond donors (Lipinski definition) is 1. The summed E-state index contributed by atoms with van der Waals surface area (Å²) in [7, 11) is 0. The zero-order chi connectivity index (χ0) is 20.5. The first-order valence-electron chi connectivity index (χ1n) is 9.40. The smallest absolute Gasteiger partial charge is 0.165 e. The second-order valence-corrected chi connectivity index (χ2v) is 7.71. The summed E-state index contributed by atoms with van der Waals surface area (Å²) < 4.78 is 1.80. The van der Waals surface area contributed by atoms with Crippen molar-refractivity contribution in [2.45, 2.75) is 0 Å². The molecule has 146 valence electrons. The van der Waals surface area contributed by atoms with Crippen LogP contribution in [-0.4, -0.2) is 14.6 Å². The lowest BCUT2D eigenvalue weighted by atomic mass is 10.1. The van der Waals surface area contributed by atoms with E-state index in [1.165, 1.54) is 0 Å². The van der Waals surface area contributed by atoms with Crippen LogP contribution in [0.1, 0.15) is 0 Å². The Morgan fingerprint density at radius 1 is 0.733 bits per heavy atom. The van der Waals surface area contributed by atoms with Crippen LogP contribution in [-0.2, 0) is 0 Å². The largest absolute Gasteiger partial charge is 0.340 e. The SMILES string of the molecule is Clc1cc(Cl)cc(Nc2cc(-c3ccccc3)nc3c(-c4ccccc4)cnn23)c1. The summed E-state index contributed by atoms with van der Waals surface area (Å²) in [6.45, 7) is 0. The van der Waals surface area contributed by atoms with Gasteiger partial charge < -0.3 is 5.32 Å². The van der Waals surface area contributed by atoms with Crippen LogP contribution in [0.25, 0.3) is 28.0 Å². The van der Waals surface area contributed by atoms with E-state index in [9.17, 15) is 0 Å². The molecular formula is C24H16Cl2N4. The number of nitrogens with zero attached hydrogens (tertiary/aromatic N) is 3. The number of aromatic nitrogens is 3. The first kappa shape index (κ1) is 18.7. The summed E-state index contributed by atoms with van der Waals surface area (Å²) in [5.41, 5.74) is 5.42. The zero-order valence-corrected chi connectivity index (χ0v) is 17.3. The first-order chi connectivity index (χ1) is 14.7. The lowest BCUT2D eigenvalue weighted by Gasteiger charge is -2.12. The molecule has 1 N–H and O–H groups in total. The Labute approximate surface area is 183 Å². The molecule has 6 heteroatoms. The van der Waals surface area contributed by atoms with Crippen molar-refractivity contribution in [3.63, 3.8) is 0 Å². The monoisotopic (exact) mass is 430 g/mol. The number of halogens is 2. The fourth-order valence-corrected chi connectivity index (χ4v) is 3.93. The van der Waals surface area contributed by atoms with E-state index >= 15 is 0 Å². The second-order valence-electron chi connectivity index (χ2n) is 6.84. The molecule has 2 aromatic heterocycles. The minimum atomic E-state index is 0.559. The summed E-state index contributed by atoms with van der Waals surface area (Å²) in [6, 6.07) is 27.5. The van der Waals surface area contributed by atoms with E-state index in [0.29, 0.717) is 10.0 Å². The van der Waals surface area contributed by atoms with E-state index in [1.807, 2.05) is 72.9 Å². The van der Waals surface area contributed by atoms with Gasteiger partial charge in [0, 0.05) is 32.9 Å². The van der Waals surface area contributed by atoms with Crippen molar-refractivity contribution < 1.29 is 0 Å². The van der Waals surface area contributed by atoms with Crippen LogP contribution in [0.2, 0.25) is 10.0 Å². The molecule has 3 aromatic carbocycles. The molecule has 0 unspecified atom stereocenters. The van der Waals surface area contributed by atoms with Gasteiger partial charge in [-0.25, -0.2) is 4.98 Å². The molecule has 4 nitrogen and oxygen atoms in total. The van der Waals surface area contributed by atoms with Crippen molar-refractivity contribution in [3.05, 3.63) is 101 Å². The van der Waals surface area contributed by atoms with E-state index in [4.69, 9.17) is 28.2 Å². The highest BCUT2D eigenvalue weighted by Gasteiger charge is 2.14.